The maximum Gasteiger partial charge on any atom is 0 e. The molecule has 2 N–H and O–H groups in total. The Bertz CT molecular complexity index is 1030. The van der Waals surface area contributed by atoms with Gasteiger partial charge in [0.1, 0.15) is 0 Å². The van der Waals surface area contributed by atoms with Gasteiger partial charge in [0.25, 0.3) is 0 Å². The van der Waals surface area contributed by atoms with Crippen molar-refractivity contribution in [3.05, 3.63) is 83.4 Å². The minimum Gasteiger partial charge on any atom is 0 e. The number of rotatable bonds is 5. The van der Waals surface area contributed by atoms with Crippen LogP contribution in [0.15, 0.2) is 61.2 Å². The summed E-state index contributed by atoms with van der Waals surface area (Å²) in [5, 5.41) is 16.5. The molecule has 2 nitrogen and oxygen atoms in total. The summed E-state index contributed by atoms with van der Waals surface area (Å²) >= 11 is 2.64. The molecular weight excluding hydrogens is 357 g/mol. The maximum atomic E-state index is 10.2. The van der Waals surface area contributed by atoms with Crippen LogP contribution in [-0.2, 0) is 22.5 Å². The van der Waals surface area contributed by atoms with Gasteiger partial charge in [-0.05, 0) is 0 Å². The first-order valence-electron chi connectivity index (χ1n) is 8.83. The van der Waals surface area contributed by atoms with Gasteiger partial charge >= 0.3 is 163 Å². The third-order valence-electron chi connectivity index (χ3n) is 5.26. The molecule has 0 amide bonds. The number of fused-ring (bicyclic) bond motifs is 1. The zero-order chi connectivity index (χ0) is 18.3. The second-order valence-corrected chi connectivity index (χ2v) is 7.71. The molecule has 0 aliphatic heterocycles. The maximum absolute atomic E-state index is 10.2. The molecular formula is C23H23NOV. The molecule has 0 aromatic heterocycles. The predicted octanol–water partition coefficient (Wildman–Crippen LogP) is 5.05. The van der Waals surface area contributed by atoms with Crippen molar-refractivity contribution in [2.75, 3.05) is 0 Å². The standard InChI is InChI=1S/C23H21NO.V.H2/c1-3-17-13-16(2)19(14-22(17)25)15-24-23(11-12-23)21-10-6-8-18-7-4-5-9-20(18)21;;/h3-10,13-14,24-25H,1,11-12H2,2H3;;1H. The van der Waals surface area contributed by atoms with Crippen molar-refractivity contribution in [3.8, 4) is 5.75 Å². The van der Waals surface area contributed by atoms with E-state index in [0.717, 1.165) is 33.9 Å². The minimum absolute atomic E-state index is 0. The normalized spacial score (nSPS) is 14.9. The van der Waals surface area contributed by atoms with Gasteiger partial charge in [-0.2, -0.15) is 0 Å². The Morgan fingerprint density at radius 2 is 1.92 bits per heavy atom. The van der Waals surface area contributed by atoms with Gasteiger partial charge in [0, 0.05) is 1.43 Å². The molecule has 0 atom stereocenters. The van der Waals surface area contributed by atoms with E-state index in [1.54, 1.807) is 6.08 Å². The summed E-state index contributed by atoms with van der Waals surface area (Å²) in [6.45, 7) is 5.82. The van der Waals surface area contributed by atoms with Crippen LogP contribution in [0.4, 0.5) is 0 Å². The number of aryl methyl sites for hydroxylation is 1. The van der Waals surface area contributed by atoms with Crippen LogP contribution in [0.2, 0.25) is 0 Å². The first kappa shape index (κ1) is 17.3. The van der Waals surface area contributed by atoms with E-state index in [4.69, 9.17) is 0 Å². The molecule has 3 aromatic rings. The van der Waals surface area contributed by atoms with Gasteiger partial charge in [0.2, 0.25) is 0 Å². The van der Waals surface area contributed by atoms with Crippen molar-refractivity contribution in [3.63, 3.8) is 0 Å². The largest absolute Gasteiger partial charge is 0 e. The second-order valence-electron chi connectivity index (χ2n) is 7.01. The van der Waals surface area contributed by atoms with Gasteiger partial charge in [-0.15, -0.1) is 0 Å². The molecule has 1 fully saturated rings. The SMILES string of the molecule is C=Cc1cc(C)c([C](=[V])NC2(c3cccc4ccccc34)CC2)cc1O.[HH]. The fraction of sp³-hybridized carbons (Fsp3) is 0.174. The molecule has 3 heteroatoms. The molecule has 1 aliphatic carbocycles. The fourth-order valence-electron chi connectivity index (χ4n) is 3.66. The molecule has 0 unspecified atom stereocenters. The van der Waals surface area contributed by atoms with Crippen molar-refractivity contribution in [1.29, 1.82) is 0 Å². The third kappa shape index (κ3) is 2.95. The van der Waals surface area contributed by atoms with Gasteiger partial charge in [-0.3, -0.25) is 0 Å². The molecule has 3 aromatic carbocycles. The Hall–Kier alpha value is -2.13. The Labute approximate surface area is 164 Å². The zero-order valence-corrected chi connectivity index (χ0v) is 16.2. The van der Waals surface area contributed by atoms with Crippen molar-refractivity contribution in [1.82, 2.24) is 5.32 Å². The van der Waals surface area contributed by atoms with Crippen LogP contribution in [0.3, 0.4) is 0 Å². The van der Waals surface area contributed by atoms with Crippen LogP contribution in [-0.4, -0.2) is 9.46 Å². The first-order chi connectivity index (χ1) is 12.5. The Kier molecular flexibility index (Phi) is 4.36. The number of hydrogen-bond donors (Lipinski definition) is 2. The Morgan fingerprint density at radius 3 is 2.65 bits per heavy atom. The second kappa shape index (κ2) is 6.55. The van der Waals surface area contributed by atoms with E-state index in [2.05, 4.69) is 78.3 Å². The van der Waals surface area contributed by atoms with Crippen LogP contribution >= 0.6 is 0 Å². The number of phenolic OH excluding ortho intramolecular Hbond substituents is 1. The molecule has 0 heterocycles. The summed E-state index contributed by atoms with van der Waals surface area (Å²) in [5.41, 5.74) is 4.24. The summed E-state index contributed by atoms with van der Waals surface area (Å²) in [6, 6.07) is 18.9. The van der Waals surface area contributed by atoms with Crippen molar-refractivity contribution in [2.45, 2.75) is 25.3 Å². The van der Waals surface area contributed by atoms with Gasteiger partial charge < -0.3 is 0 Å². The van der Waals surface area contributed by atoms with Crippen molar-refractivity contribution >= 4 is 21.2 Å². The van der Waals surface area contributed by atoms with Crippen LogP contribution < -0.4 is 5.32 Å². The van der Waals surface area contributed by atoms with Crippen LogP contribution in [0.5, 0.6) is 5.75 Å². The summed E-state index contributed by atoms with van der Waals surface area (Å²) in [6.07, 6.45) is 3.90. The average Bonchev–Trinajstić information content (AvgIpc) is 3.43. The first-order valence-corrected chi connectivity index (χ1v) is 9.53. The molecule has 4 rings (SSSR count). The number of aromatic hydroxyl groups is 1. The Balaban J connectivity index is 0.00000210. The zero-order valence-electron chi connectivity index (χ0n) is 14.8. The molecule has 0 radical (unpaired) electrons. The van der Waals surface area contributed by atoms with E-state index in [-0.39, 0.29) is 12.7 Å². The van der Waals surface area contributed by atoms with E-state index in [1.165, 1.54) is 16.3 Å². The van der Waals surface area contributed by atoms with E-state index in [0.29, 0.717) is 0 Å². The third-order valence-corrected chi connectivity index (χ3v) is 5.81. The van der Waals surface area contributed by atoms with E-state index < -0.39 is 0 Å². The van der Waals surface area contributed by atoms with Crippen LogP contribution in [0.1, 0.15) is 36.5 Å². The molecule has 1 saturated carbocycles. The monoisotopic (exact) mass is 380 g/mol. The van der Waals surface area contributed by atoms with Gasteiger partial charge in [0.05, 0.1) is 0 Å². The number of benzene rings is 3. The summed E-state index contributed by atoms with van der Waals surface area (Å²) in [7, 11) is 0. The topological polar surface area (TPSA) is 32.3 Å². The molecule has 0 bridgehead atoms. The molecule has 1 aliphatic rings. The predicted molar refractivity (Wildman–Crippen MR) is 107 cm³/mol. The van der Waals surface area contributed by atoms with Gasteiger partial charge in [-0.25, -0.2) is 0 Å². The van der Waals surface area contributed by atoms with Crippen molar-refractivity contribution < 1.29 is 23.5 Å². The molecule has 0 spiro atoms. The van der Waals surface area contributed by atoms with Gasteiger partial charge in [-0.1, -0.05) is 0 Å². The minimum atomic E-state index is -0.0254. The van der Waals surface area contributed by atoms with E-state index in [9.17, 15) is 5.11 Å². The Morgan fingerprint density at radius 1 is 1.19 bits per heavy atom. The van der Waals surface area contributed by atoms with Crippen LogP contribution in [0, 0.1) is 6.92 Å². The van der Waals surface area contributed by atoms with E-state index >= 15 is 0 Å². The molecule has 131 valence electrons. The van der Waals surface area contributed by atoms with Gasteiger partial charge in [0.15, 0.2) is 0 Å². The number of phenols is 1. The fourth-order valence-corrected chi connectivity index (χ4v) is 4.37. The number of hydrogen-bond acceptors (Lipinski definition) is 2. The average molecular weight is 380 g/mol. The summed E-state index contributed by atoms with van der Waals surface area (Å²) in [4.78, 5) is 0. The summed E-state index contributed by atoms with van der Waals surface area (Å²) in [5.74, 6) is 0.265. The smallest absolute Gasteiger partial charge is 0 e. The molecule has 0 saturated heterocycles. The van der Waals surface area contributed by atoms with Crippen molar-refractivity contribution in [2.24, 2.45) is 0 Å². The summed E-state index contributed by atoms with van der Waals surface area (Å²) < 4.78 is 1.03. The quantitative estimate of drug-likeness (QED) is 0.650. The van der Waals surface area contributed by atoms with E-state index in [1.807, 2.05) is 12.1 Å². The molecule has 26 heavy (non-hydrogen) atoms. The number of nitrogens with one attached hydrogen (secondary N) is 1. The van der Waals surface area contributed by atoms with Crippen LogP contribution in [0.25, 0.3) is 16.8 Å².